The van der Waals surface area contributed by atoms with Crippen molar-refractivity contribution in [2.75, 3.05) is 5.32 Å². The highest BCUT2D eigenvalue weighted by atomic mass is 35.5. The summed E-state index contributed by atoms with van der Waals surface area (Å²) in [6.45, 7) is 4.90. The van der Waals surface area contributed by atoms with E-state index in [2.05, 4.69) is 10.3 Å². The van der Waals surface area contributed by atoms with E-state index in [1.165, 1.54) is 25.1 Å². The van der Waals surface area contributed by atoms with Crippen LogP contribution in [0.15, 0.2) is 36.5 Å². The fourth-order valence-corrected chi connectivity index (χ4v) is 3.09. The second kappa shape index (κ2) is 7.98. The summed E-state index contributed by atoms with van der Waals surface area (Å²) in [5.74, 6) is -1.27. The number of amides is 1. The van der Waals surface area contributed by atoms with Gasteiger partial charge in [0, 0.05) is 11.9 Å². The molecule has 6 nitrogen and oxygen atoms in total. The first-order valence-electron chi connectivity index (χ1n) is 8.85. The maximum atomic E-state index is 13.2. The maximum Gasteiger partial charge on any atom is 0.417 e. The molecule has 0 bridgehead atoms. The number of ether oxygens (including phenoxy) is 1. The molecule has 0 unspecified atom stereocenters. The van der Waals surface area contributed by atoms with Gasteiger partial charge in [-0.15, -0.1) is 0 Å². The van der Waals surface area contributed by atoms with E-state index < -0.39 is 23.6 Å². The van der Waals surface area contributed by atoms with E-state index in [1.807, 2.05) is 0 Å². The molecule has 0 aliphatic rings. The average molecular weight is 440 g/mol. The van der Waals surface area contributed by atoms with Gasteiger partial charge in [-0.2, -0.15) is 13.2 Å². The van der Waals surface area contributed by atoms with Crippen molar-refractivity contribution in [2.45, 2.75) is 33.1 Å². The number of carbonyl (C=O) groups excluding carboxylic acids is 2. The lowest BCUT2D eigenvalue weighted by atomic mass is 10.2. The molecule has 1 aromatic carbocycles. The molecule has 10 heteroatoms. The van der Waals surface area contributed by atoms with Crippen LogP contribution >= 0.6 is 11.6 Å². The zero-order valence-electron chi connectivity index (χ0n) is 16.2. The molecule has 0 fully saturated rings. The minimum absolute atomic E-state index is 0.0292. The van der Waals surface area contributed by atoms with Gasteiger partial charge in [0.05, 0.1) is 27.9 Å². The topological polar surface area (TPSA) is 72.7 Å². The van der Waals surface area contributed by atoms with Gasteiger partial charge in [0.25, 0.3) is 5.91 Å². The van der Waals surface area contributed by atoms with Gasteiger partial charge in [0.15, 0.2) is 5.65 Å². The monoisotopic (exact) mass is 439 g/mol. The first-order chi connectivity index (χ1) is 14.0. The summed E-state index contributed by atoms with van der Waals surface area (Å²) in [6, 6.07) is 6.78. The summed E-state index contributed by atoms with van der Waals surface area (Å²) < 4.78 is 45.6. The Kier molecular flexibility index (Phi) is 5.76. The fraction of sp³-hybridized carbons (Fsp3) is 0.250. The van der Waals surface area contributed by atoms with Gasteiger partial charge in [0.1, 0.15) is 5.69 Å². The van der Waals surface area contributed by atoms with Crippen LogP contribution in [0, 0.1) is 6.92 Å². The van der Waals surface area contributed by atoms with Crippen LogP contribution in [0.5, 0.6) is 0 Å². The Balaban J connectivity index is 1.97. The van der Waals surface area contributed by atoms with Gasteiger partial charge in [-0.1, -0.05) is 17.7 Å². The van der Waals surface area contributed by atoms with Crippen molar-refractivity contribution in [1.29, 1.82) is 0 Å². The Morgan fingerprint density at radius 3 is 2.57 bits per heavy atom. The Bertz CT molecular complexity index is 1140. The van der Waals surface area contributed by atoms with E-state index in [0.717, 1.165) is 16.7 Å². The summed E-state index contributed by atoms with van der Waals surface area (Å²) in [7, 11) is 0. The molecule has 1 N–H and O–H groups in total. The first kappa shape index (κ1) is 21.6. The van der Waals surface area contributed by atoms with E-state index >= 15 is 0 Å². The number of carbonyl (C=O) groups is 2. The number of aromatic nitrogens is 2. The van der Waals surface area contributed by atoms with Crippen LogP contribution in [-0.4, -0.2) is 27.4 Å². The highest BCUT2D eigenvalue weighted by Crippen LogP contribution is 2.33. The van der Waals surface area contributed by atoms with Crippen LogP contribution in [0.3, 0.4) is 0 Å². The second-order valence-corrected chi connectivity index (χ2v) is 7.21. The number of esters is 1. The van der Waals surface area contributed by atoms with Gasteiger partial charge in [0.2, 0.25) is 0 Å². The SMILES string of the molecule is Cc1nc2c(Cl)cc(C(F)(F)F)cn2c1C(=O)Nc1cccc(C(=O)OC(C)C)c1. The third-order valence-electron chi connectivity index (χ3n) is 4.09. The molecule has 3 aromatic rings. The van der Waals surface area contributed by atoms with Crippen molar-refractivity contribution in [3.63, 3.8) is 0 Å². The number of imidazole rings is 1. The fourth-order valence-electron chi connectivity index (χ4n) is 2.84. The van der Waals surface area contributed by atoms with Gasteiger partial charge in [-0.05, 0) is 45.0 Å². The van der Waals surface area contributed by atoms with E-state index in [1.54, 1.807) is 19.9 Å². The van der Waals surface area contributed by atoms with Crippen molar-refractivity contribution in [2.24, 2.45) is 0 Å². The number of hydrogen-bond donors (Lipinski definition) is 1. The molecule has 0 saturated heterocycles. The largest absolute Gasteiger partial charge is 0.459 e. The molecule has 0 atom stereocenters. The molecule has 0 saturated carbocycles. The number of aryl methyl sites for hydroxylation is 1. The molecule has 30 heavy (non-hydrogen) atoms. The standard InChI is InChI=1S/C20H17ClF3N3O3/c1-10(2)30-19(29)12-5-4-6-14(7-12)26-18(28)16-11(3)25-17-15(21)8-13(9-27(16)17)20(22,23)24/h4-10H,1-3H3,(H,26,28). The molecule has 0 aliphatic heterocycles. The van der Waals surface area contributed by atoms with Crippen LogP contribution in [0.4, 0.5) is 18.9 Å². The predicted octanol–water partition coefficient (Wildman–Crippen LogP) is 5.13. The third kappa shape index (κ3) is 4.40. The Hall–Kier alpha value is -3.07. The van der Waals surface area contributed by atoms with Crippen molar-refractivity contribution >= 4 is 34.8 Å². The average Bonchev–Trinajstić information content (AvgIpc) is 2.97. The summed E-state index contributed by atoms with van der Waals surface area (Å²) in [5.41, 5.74) is -0.395. The highest BCUT2D eigenvalue weighted by Gasteiger charge is 2.33. The molecule has 0 spiro atoms. The minimum Gasteiger partial charge on any atom is -0.459 e. The number of benzene rings is 1. The van der Waals surface area contributed by atoms with Crippen molar-refractivity contribution in [3.8, 4) is 0 Å². The number of nitrogens with one attached hydrogen (secondary N) is 1. The van der Waals surface area contributed by atoms with Crippen LogP contribution in [-0.2, 0) is 10.9 Å². The summed E-state index contributed by atoms with van der Waals surface area (Å²) in [5, 5.41) is 2.34. The number of rotatable bonds is 4. The summed E-state index contributed by atoms with van der Waals surface area (Å²) in [4.78, 5) is 29.0. The van der Waals surface area contributed by atoms with Gasteiger partial charge in [-0.3, -0.25) is 9.20 Å². The van der Waals surface area contributed by atoms with E-state index in [9.17, 15) is 22.8 Å². The zero-order valence-corrected chi connectivity index (χ0v) is 16.9. The number of halogens is 4. The van der Waals surface area contributed by atoms with Crippen LogP contribution in [0.2, 0.25) is 5.02 Å². The second-order valence-electron chi connectivity index (χ2n) is 6.80. The zero-order chi connectivity index (χ0) is 22.2. The van der Waals surface area contributed by atoms with Crippen LogP contribution in [0.1, 0.15) is 46.0 Å². The highest BCUT2D eigenvalue weighted by molar-refractivity contribution is 6.33. The van der Waals surface area contributed by atoms with Crippen molar-refractivity contribution in [3.05, 3.63) is 64.1 Å². The first-order valence-corrected chi connectivity index (χ1v) is 9.23. The van der Waals surface area contributed by atoms with Crippen LogP contribution < -0.4 is 5.32 Å². The van der Waals surface area contributed by atoms with Crippen LogP contribution in [0.25, 0.3) is 5.65 Å². The molecule has 0 aliphatic carbocycles. The smallest absolute Gasteiger partial charge is 0.417 e. The number of hydrogen-bond acceptors (Lipinski definition) is 4. The lowest BCUT2D eigenvalue weighted by Crippen LogP contribution is -2.17. The Morgan fingerprint density at radius 1 is 1.23 bits per heavy atom. The molecule has 158 valence electrons. The maximum absolute atomic E-state index is 13.2. The molecule has 0 radical (unpaired) electrons. The van der Waals surface area contributed by atoms with Crippen molar-refractivity contribution < 1.29 is 27.5 Å². The van der Waals surface area contributed by atoms with E-state index in [-0.39, 0.29) is 39.4 Å². The summed E-state index contributed by atoms with van der Waals surface area (Å²) >= 11 is 5.95. The van der Waals surface area contributed by atoms with Gasteiger partial charge < -0.3 is 10.1 Å². The van der Waals surface area contributed by atoms with Gasteiger partial charge in [-0.25, -0.2) is 9.78 Å². The minimum atomic E-state index is -4.64. The Morgan fingerprint density at radius 2 is 1.93 bits per heavy atom. The van der Waals surface area contributed by atoms with Crippen molar-refractivity contribution in [1.82, 2.24) is 9.38 Å². The summed E-state index contributed by atoms with van der Waals surface area (Å²) in [6.07, 6.45) is -4.19. The van der Waals surface area contributed by atoms with E-state index in [4.69, 9.17) is 16.3 Å². The molecule has 2 heterocycles. The number of pyridine rings is 1. The predicted molar refractivity (Wildman–Crippen MR) is 105 cm³/mol. The third-order valence-corrected chi connectivity index (χ3v) is 4.37. The molecule has 2 aromatic heterocycles. The number of alkyl halides is 3. The molecule has 1 amide bonds. The molecule has 3 rings (SSSR count). The molecular formula is C20H17ClF3N3O3. The lowest BCUT2D eigenvalue weighted by Gasteiger charge is -2.11. The number of nitrogens with zero attached hydrogens (tertiary/aromatic N) is 2. The Labute approximate surface area is 174 Å². The van der Waals surface area contributed by atoms with Gasteiger partial charge >= 0.3 is 12.1 Å². The quantitative estimate of drug-likeness (QED) is 0.572. The number of anilines is 1. The molecular weight excluding hydrogens is 423 g/mol. The van der Waals surface area contributed by atoms with E-state index in [0.29, 0.717) is 0 Å². The normalized spacial score (nSPS) is 11.7. The lowest BCUT2D eigenvalue weighted by molar-refractivity contribution is -0.137. The number of fused-ring (bicyclic) bond motifs is 1.